The molecule has 0 aliphatic rings. The molecule has 0 aromatic heterocycles. The lowest BCUT2D eigenvalue weighted by Crippen LogP contribution is -2.27. The zero-order valence-electron chi connectivity index (χ0n) is 6.05. The van der Waals surface area contributed by atoms with Gasteiger partial charge in [0.1, 0.15) is 0 Å². The molecule has 1 unspecified atom stereocenters. The maximum atomic E-state index is 10.3. The van der Waals surface area contributed by atoms with E-state index in [0.29, 0.717) is 0 Å². The van der Waals surface area contributed by atoms with Crippen molar-refractivity contribution in [1.29, 1.82) is 0 Å². The minimum atomic E-state index is -0.337. The van der Waals surface area contributed by atoms with Crippen LogP contribution in [0.2, 0.25) is 0 Å². The van der Waals surface area contributed by atoms with E-state index in [2.05, 4.69) is 6.58 Å². The highest BCUT2D eigenvalue weighted by Crippen LogP contribution is 1.97. The van der Waals surface area contributed by atoms with E-state index < -0.39 is 0 Å². The van der Waals surface area contributed by atoms with Crippen LogP contribution in [0.25, 0.3) is 0 Å². The summed E-state index contributed by atoms with van der Waals surface area (Å²) in [6.07, 6.45) is 3.68. The fraction of sp³-hybridized carbons (Fsp3) is 0.571. The van der Waals surface area contributed by atoms with E-state index in [4.69, 9.17) is 11.5 Å². The van der Waals surface area contributed by atoms with Crippen molar-refractivity contribution < 1.29 is 4.79 Å². The molecule has 0 radical (unpaired) electrons. The molecule has 0 spiro atoms. The van der Waals surface area contributed by atoms with Crippen LogP contribution in [0.4, 0.5) is 0 Å². The van der Waals surface area contributed by atoms with Gasteiger partial charge in [-0.05, 0) is 12.8 Å². The Hall–Kier alpha value is -0.830. The molecule has 4 N–H and O–H groups in total. The fourth-order valence-electron chi connectivity index (χ4n) is 0.692. The van der Waals surface area contributed by atoms with Crippen LogP contribution >= 0.6 is 0 Å². The van der Waals surface area contributed by atoms with Crippen LogP contribution < -0.4 is 11.5 Å². The van der Waals surface area contributed by atoms with Crippen molar-refractivity contribution in [3.05, 3.63) is 12.7 Å². The van der Waals surface area contributed by atoms with Crippen LogP contribution in [-0.2, 0) is 4.79 Å². The number of carbonyl (C=O) groups excluding carboxylic acids is 1. The number of primary amides is 1. The van der Waals surface area contributed by atoms with Crippen molar-refractivity contribution in [3.63, 3.8) is 0 Å². The summed E-state index contributed by atoms with van der Waals surface area (Å²) in [5.74, 6) is -0.337. The first-order chi connectivity index (χ1) is 4.66. The summed E-state index contributed by atoms with van der Waals surface area (Å²) in [5.41, 5.74) is 10.4. The Morgan fingerprint density at radius 2 is 2.30 bits per heavy atom. The summed E-state index contributed by atoms with van der Waals surface area (Å²) < 4.78 is 0. The Morgan fingerprint density at radius 3 is 2.70 bits per heavy atom. The molecule has 0 saturated carbocycles. The van der Waals surface area contributed by atoms with Gasteiger partial charge in [0.2, 0.25) is 5.91 Å². The molecule has 0 aliphatic heterocycles. The molecular formula is C7H14N2O. The molecule has 0 heterocycles. The molecule has 3 nitrogen and oxygen atoms in total. The van der Waals surface area contributed by atoms with Gasteiger partial charge < -0.3 is 11.5 Å². The monoisotopic (exact) mass is 142 g/mol. The number of allylic oxidation sites excluding steroid dienone is 1. The zero-order chi connectivity index (χ0) is 7.98. The average Bonchev–Trinajstić information content (AvgIpc) is 1.82. The van der Waals surface area contributed by atoms with E-state index in [-0.39, 0.29) is 18.4 Å². The van der Waals surface area contributed by atoms with Crippen LogP contribution in [0, 0.1) is 0 Å². The van der Waals surface area contributed by atoms with Gasteiger partial charge in [0, 0.05) is 12.5 Å². The number of rotatable bonds is 5. The van der Waals surface area contributed by atoms with Crippen LogP contribution in [0.5, 0.6) is 0 Å². The maximum absolute atomic E-state index is 10.3. The third kappa shape index (κ3) is 5.31. The summed E-state index contributed by atoms with van der Waals surface area (Å²) in [6, 6.07) is -0.101. The van der Waals surface area contributed by atoms with E-state index in [9.17, 15) is 4.79 Å². The molecule has 0 aliphatic carbocycles. The predicted octanol–water partition coefficient (Wildman–Crippen LogP) is 0.155. The lowest BCUT2D eigenvalue weighted by molar-refractivity contribution is -0.118. The fourth-order valence-corrected chi connectivity index (χ4v) is 0.692. The summed E-state index contributed by atoms with van der Waals surface area (Å²) in [5, 5.41) is 0. The second-order valence-corrected chi connectivity index (χ2v) is 2.30. The van der Waals surface area contributed by atoms with Gasteiger partial charge in [0.25, 0.3) is 0 Å². The van der Waals surface area contributed by atoms with Crippen LogP contribution in [0.1, 0.15) is 19.3 Å². The highest BCUT2D eigenvalue weighted by atomic mass is 16.1. The molecular weight excluding hydrogens is 128 g/mol. The normalized spacial score (nSPS) is 12.5. The summed E-state index contributed by atoms with van der Waals surface area (Å²) in [4.78, 5) is 10.3. The zero-order valence-corrected chi connectivity index (χ0v) is 6.05. The lowest BCUT2D eigenvalue weighted by Gasteiger charge is -2.05. The molecule has 0 bridgehead atoms. The molecule has 0 aromatic rings. The Balaban J connectivity index is 3.33. The first kappa shape index (κ1) is 9.17. The largest absolute Gasteiger partial charge is 0.370 e. The van der Waals surface area contributed by atoms with Crippen molar-refractivity contribution in [2.75, 3.05) is 0 Å². The first-order valence-corrected chi connectivity index (χ1v) is 3.31. The Morgan fingerprint density at radius 1 is 1.70 bits per heavy atom. The van der Waals surface area contributed by atoms with Crippen LogP contribution in [-0.4, -0.2) is 11.9 Å². The maximum Gasteiger partial charge on any atom is 0.218 e. The molecule has 0 aromatic carbocycles. The smallest absolute Gasteiger partial charge is 0.218 e. The quantitative estimate of drug-likeness (QED) is 0.537. The van der Waals surface area contributed by atoms with Crippen molar-refractivity contribution >= 4 is 5.91 Å². The topological polar surface area (TPSA) is 69.1 Å². The minimum Gasteiger partial charge on any atom is -0.370 e. The summed E-state index contributed by atoms with van der Waals surface area (Å²) >= 11 is 0. The molecule has 0 rings (SSSR count). The molecule has 0 saturated heterocycles. The van der Waals surface area contributed by atoms with E-state index >= 15 is 0 Å². The third-order valence-electron chi connectivity index (χ3n) is 1.20. The van der Waals surface area contributed by atoms with E-state index in [0.717, 1.165) is 12.8 Å². The van der Waals surface area contributed by atoms with E-state index in [1.165, 1.54) is 0 Å². The van der Waals surface area contributed by atoms with Gasteiger partial charge in [-0.25, -0.2) is 0 Å². The van der Waals surface area contributed by atoms with E-state index in [1.54, 1.807) is 6.08 Å². The molecule has 0 fully saturated rings. The van der Waals surface area contributed by atoms with Crippen molar-refractivity contribution in [1.82, 2.24) is 0 Å². The number of hydrogen-bond acceptors (Lipinski definition) is 2. The summed E-state index contributed by atoms with van der Waals surface area (Å²) in [6.45, 7) is 3.54. The Kier molecular flexibility index (Phi) is 4.58. The van der Waals surface area contributed by atoms with Gasteiger partial charge in [0.15, 0.2) is 0 Å². The lowest BCUT2D eigenvalue weighted by atomic mass is 10.1. The van der Waals surface area contributed by atoms with Gasteiger partial charge in [-0.2, -0.15) is 0 Å². The first-order valence-electron chi connectivity index (χ1n) is 3.31. The van der Waals surface area contributed by atoms with Gasteiger partial charge >= 0.3 is 0 Å². The number of nitrogens with two attached hydrogens (primary N) is 2. The van der Waals surface area contributed by atoms with Crippen LogP contribution in [0.3, 0.4) is 0 Å². The minimum absolute atomic E-state index is 0.101. The predicted molar refractivity (Wildman–Crippen MR) is 41.2 cm³/mol. The molecule has 3 heteroatoms. The molecule has 1 amide bonds. The van der Waals surface area contributed by atoms with Crippen molar-refractivity contribution in [2.24, 2.45) is 11.5 Å². The molecule has 1 atom stereocenters. The van der Waals surface area contributed by atoms with Gasteiger partial charge in [0.05, 0.1) is 0 Å². The second kappa shape index (κ2) is 4.99. The molecule has 10 heavy (non-hydrogen) atoms. The summed E-state index contributed by atoms with van der Waals surface area (Å²) in [7, 11) is 0. The Bertz CT molecular complexity index is 123. The number of hydrogen-bond donors (Lipinski definition) is 2. The average molecular weight is 142 g/mol. The highest BCUT2D eigenvalue weighted by Gasteiger charge is 2.03. The third-order valence-corrected chi connectivity index (χ3v) is 1.20. The molecule has 58 valence electrons. The Labute approximate surface area is 61.1 Å². The van der Waals surface area contributed by atoms with Crippen molar-refractivity contribution in [3.8, 4) is 0 Å². The van der Waals surface area contributed by atoms with Gasteiger partial charge in [-0.3, -0.25) is 4.79 Å². The van der Waals surface area contributed by atoms with E-state index in [1.807, 2.05) is 0 Å². The van der Waals surface area contributed by atoms with Gasteiger partial charge in [-0.1, -0.05) is 6.08 Å². The highest BCUT2D eigenvalue weighted by molar-refractivity contribution is 5.74. The van der Waals surface area contributed by atoms with Crippen molar-refractivity contribution in [2.45, 2.75) is 25.3 Å². The standard InChI is InChI=1S/C7H14N2O/c1-2-3-4-6(8)5-7(9)10/h2,6H,1,3-5,8H2,(H2,9,10). The van der Waals surface area contributed by atoms with Gasteiger partial charge in [-0.15, -0.1) is 6.58 Å². The van der Waals surface area contributed by atoms with Crippen LogP contribution in [0.15, 0.2) is 12.7 Å². The SMILES string of the molecule is C=CCCC(N)CC(N)=O. The number of carbonyl (C=O) groups is 1. The second-order valence-electron chi connectivity index (χ2n) is 2.30. The number of amides is 1.